The lowest BCUT2D eigenvalue weighted by Crippen LogP contribution is -2.43. The molecule has 4 aliphatic rings. The van der Waals surface area contributed by atoms with Crippen molar-refractivity contribution < 1.29 is 9.59 Å². The minimum absolute atomic E-state index is 0.176. The van der Waals surface area contributed by atoms with Gasteiger partial charge in [-0.05, 0) is 73.6 Å². The van der Waals surface area contributed by atoms with Crippen molar-refractivity contribution in [3.8, 4) is 0 Å². The van der Waals surface area contributed by atoms with Gasteiger partial charge in [-0.2, -0.15) is 0 Å². The molecule has 2 aromatic rings. The van der Waals surface area contributed by atoms with Gasteiger partial charge >= 0.3 is 0 Å². The Kier molecular flexibility index (Phi) is 5.92. The van der Waals surface area contributed by atoms with Crippen molar-refractivity contribution in [1.29, 1.82) is 0 Å². The van der Waals surface area contributed by atoms with E-state index in [0.717, 1.165) is 11.4 Å². The van der Waals surface area contributed by atoms with Gasteiger partial charge in [0.15, 0.2) is 0 Å². The van der Waals surface area contributed by atoms with Crippen molar-refractivity contribution in [3.05, 3.63) is 60.7 Å². The fraction of sp³-hybridized carbons (Fsp3) is 0.533. The molecule has 4 nitrogen and oxygen atoms in total. The van der Waals surface area contributed by atoms with Crippen LogP contribution < -0.4 is 9.80 Å². The molecule has 0 spiro atoms. The SMILES string of the molecule is O=C(C1[C@H]2CCCC[C@@H]12)N(CCN(C(=O)C1[C@H]2CCCC[C@@H]12)c1ccccc1)c1ccccc1. The number of rotatable bonds is 7. The Morgan fingerprint density at radius 2 is 0.882 bits per heavy atom. The summed E-state index contributed by atoms with van der Waals surface area (Å²) >= 11 is 0. The molecule has 4 aliphatic carbocycles. The number of fused-ring (bicyclic) bond motifs is 2. The van der Waals surface area contributed by atoms with Crippen LogP contribution in [-0.4, -0.2) is 24.9 Å². The van der Waals surface area contributed by atoms with Gasteiger partial charge in [-0.25, -0.2) is 0 Å². The lowest BCUT2D eigenvalue weighted by atomic mass is 10.0. The van der Waals surface area contributed by atoms with Crippen molar-refractivity contribution in [3.63, 3.8) is 0 Å². The molecular formula is C30H36N2O2. The molecule has 178 valence electrons. The molecule has 6 atom stereocenters. The summed E-state index contributed by atoms with van der Waals surface area (Å²) in [7, 11) is 0. The topological polar surface area (TPSA) is 40.6 Å². The standard InChI is InChI=1S/C30H36N2O2/c33-29(27-23-15-7-8-16-24(23)27)31(21-11-3-1-4-12-21)19-20-32(22-13-5-2-6-14-22)30(34)28-25-17-9-10-18-26(25)28/h1-6,11-14,23-28H,7-10,15-20H2/t23-,24+,25-,26+,27?,28?. The third-order valence-corrected chi connectivity index (χ3v) is 9.10. The molecule has 0 radical (unpaired) electrons. The van der Waals surface area contributed by atoms with Gasteiger partial charge in [0.1, 0.15) is 0 Å². The fourth-order valence-electron chi connectivity index (χ4n) is 7.23. The van der Waals surface area contributed by atoms with Crippen LogP contribution in [0.1, 0.15) is 51.4 Å². The summed E-state index contributed by atoms with van der Waals surface area (Å²) in [5.74, 6) is 3.20. The van der Waals surface area contributed by atoms with E-state index in [9.17, 15) is 9.59 Å². The van der Waals surface area contributed by atoms with E-state index in [2.05, 4.69) is 0 Å². The smallest absolute Gasteiger partial charge is 0.230 e. The minimum atomic E-state index is 0.176. The minimum Gasteiger partial charge on any atom is -0.310 e. The number of para-hydroxylation sites is 2. The molecule has 0 bridgehead atoms. The summed E-state index contributed by atoms with van der Waals surface area (Å²) in [4.78, 5) is 31.5. The zero-order valence-corrected chi connectivity index (χ0v) is 20.0. The number of hydrogen-bond donors (Lipinski definition) is 0. The number of hydrogen-bond acceptors (Lipinski definition) is 2. The van der Waals surface area contributed by atoms with Crippen molar-refractivity contribution >= 4 is 23.2 Å². The molecule has 2 amide bonds. The number of anilines is 2. The van der Waals surface area contributed by atoms with Gasteiger partial charge in [0.2, 0.25) is 11.8 Å². The van der Waals surface area contributed by atoms with Crippen LogP contribution in [0.3, 0.4) is 0 Å². The van der Waals surface area contributed by atoms with Gasteiger partial charge in [-0.15, -0.1) is 0 Å². The maximum atomic E-state index is 13.8. The summed E-state index contributed by atoms with van der Waals surface area (Å²) in [6.07, 6.45) is 9.83. The highest BCUT2D eigenvalue weighted by Crippen LogP contribution is 2.57. The number of nitrogens with zero attached hydrogens (tertiary/aromatic N) is 2. The monoisotopic (exact) mass is 456 g/mol. The molecule has 0 aromatic heterocycles. The molecule has 4 fully saturated rings. The first-order valence-corrected chi connectivity index (χ1v) is 13.5. The van der Waals surface area contributed by atoms with E-state index in [1.165, 1.54) is 51.4 Å². The third-order valence-electron chi connectivity index (χ3n) is 9.10. The van der Waals surface area contributed by atoms with E-state index in [1.807, 2.05) is 70.5 Å². The second kappa shape index (κ2) is 9.20. The van der Waals surface area contributed by atoms with Crippen LogP contribution >= 0.6 is 0 Å². The zero-order valence-electron chi connectivity index (χ0n) is 20.0. The van der Waals surface area contributed by atoms with Crippen molar-refractivity contribution in [1.82, 2.24) is 0 Å². The molecule has 0 aliphatic heterocycles. The average Bonchev–Trinajstić information content (AvgIpc) is 3.80. The number of amides is 2. The van der Waals surface area contributed by atoms with E-state index < -0.39 is 0 Å². The van der Waals surface area contributed by atoms with E-state index in [4.69, 9.17) is 0 Å². The highest BCUT2D eigenvalue weighted by molar-refractivity contribution is 5.99. The average molecular weight is 457 g/mol. The predicted molar refractivity (Wildman–Crippen MR) is 135 cm³/mol. The van der Waals surface area contributed by atoms with Gasteiger partial charge in [-0.1, -0.05) is 62.1 Å². The van der Waals surface area contributed by atoms with Crippen LogP contribution in [0.2, 0.25) is 0 Å². The van der Waals surface area contributed by atoms with E-state index in [0.29, 0.717) is 36.8 Å². The molecule has 4 saturated carbocycles. The van der Waals surface area contributed by atoms with Crippen molar-refractivity contribution in [2.75, 3.05) is 22.9 Å². The molecular weight excluding hydrogens is 420 g/mol. The predicted octanol–water partition coefficient (Wildman–Crippen LogP) is 5.93. The fourth-order valence-corrected chi connectivity index (χ4v) is 7.23. The van der Waals surface area contributed by atoms with Crippen LogP contribution in [0.15, 0.2) is 60.7 Å². The Morgan fingerprint density at radius 1 is 0.559 bits per heavy atom. The zero-order chi connectivity index (χ0) is 23.1. The van der Waals surface area contributed by atoms with E-state index in [-0.39, 0.29) is 23.7 Å². The largest absolute Gasteiger partial charge is 0.310 e. The van der Waals surface area contributed by atoms with Gasteiger partial charge in [0.25, 0.3) is 0 Å². The second-order valence-corrected chi connectivity index (χ2v) is 10.9. The van der Waals surface area contributed by atoms with E-state index >= 15 is 0 Å². The number of carbonyl (C=O) groups excluding carboxylic acids is 2. The first-order chi connectivity index (χ1) is 16.7. The summed E-state index contributed by atoms with van der Waals surface area (Å²) in [5, 5.41) is 0. The summed E-state index contributed by atoms with van der Waals surface area (Å²) in [5.41, 5.74) is 1.91. The summed E-state index contributed by atoms with van der Waals surface area (Å²) in [6.45, 7) is 1.09. The highest BCUT2D eigenvalue weighted by Gasteiger charge is 2.57. The molecule has 2 unspecified atom stereocenters. The molecule has 2 aromatic carbocycles. The highest BCUT2D eigenvalue weighted by atomic mass is 16.2. The Hall–Kier alpha value is -2.62. The maximum Gasteiger partial charge on any atom is 0.230 e. The van der Waals surface area contributed by atoms with Gasteiger partial charge in [0, 0.05) is 36.3 Å². The normalized spacial score (nSPS) is 31.1. The number of carbonyl (C=O) groups is 2. The van der Waals surface area contributed by atoms with Gasteiger partial charge in [0.05, 0.1) is 0 Å². The van der Waals surface area contributed by atoms with Crippen LogP contribution in [0.4, 0.5) is 11.4 Å². The van der Waals surface area contributed by atoms with Crippen LogP contribution in [0.5, 0.6) is 0 Å². The molecule has 0 saturated heterocycles. The Balaban J connectivity index is 1.23. The molecule has 4 heteroatoms. The Bertz CT molecular complexity index is 915. The van der Waals surface area contributed by atoms with Crippen molar-refractivity contribution in [2.45, 2.75) is 51.4 Å². The quantitative estimate of drug-likeness (QED) is 0.518. The second-order valence-electron chi connectivity index (χ2n) is 10.9. The van der Waals surface area contributed by atoms with Gasteiger partial charge < -0.3 is 9.80 Å². The van der Waals surface area contributed by atoms with Crippen molar-refractivity contribution in [2.24, 2.45) is 35.5 Å². The third kappa shape index (κ3) is 4.06. The first kappa shape index (κ1) is 21.9. The Morgan fingerprint density at radius 3 is 1.21 bits per heavy atom. The molecule has 6 rings (SSSR count). The maximum absolute atomic E-state index is 13.8. The summed E-state index contributed by atoms with van der Waals surface area (Å²) in [6, 6.07) is 20.2. The van der Waals surface area contributed by atoms with Gasteiger partial charge in [-0.3, -0.25) is 9.59 Å². The lowest BCUT2D eigenvalue weighted by Gasteiger charge is -2.29. The van der Waals surface area contributed by atoms with Crippen LogP contribution in [0, 0.1) is 35.5 Å². The van der Waals surface area contributed by atoms with E-state index in [1.54, 1.807) is 0 Å². The molecule has 0 heterocycles. The Labute approximate surface area is 203 Å². The lowest BCUT2D eigenvalue weighted by molar-refractivity contribution is -0.121. The van der Waals surface area contributed by atoms with Crippen LogP contribution in [-0.2, 0) is 9.59 Å². The summed E-state index contributed by atoms with van der Waals surface area (Å²) < 4.78 is 0. The molecule has 0 N–H and O–H groups in total. The first-order valence-electron chi connectivity index (χ1n) is 13.5. The van der Waals surface area contributed by atoms with Crippen LogP contribution in [0.25, 0.3) is 0 Å². The number of benzene rings is 2. The molecule has 34 heavy (non-hydrogen) atoms.